The molecule has 138 valence electrons. The number of hydrogen-bond acceptors (Lipinski definition) is 4. The molecule has 3 rings (SSSR count). The highest BCUT2D eigenvalue weighted by Gasteiger charge is 2.28. The molecule has 0 spiro atoms. The average molecular weight is 372 g/mol. The van der Waals surface area contributed by atoms with Gasteiger partial charge in [0, 0.05) is 10.4 Å². The molecule has 2 amide bonds. The third-order valence-corrected chi connectivity index (χ3v) is 6.02. The molecule has 5 nitrogen and oxygen atoms in total. The molecule has 1 aromatic heterocycles. The van der Waals surface area contributed by atoms with Crippen LogP contribution in [0, 0.1) is 5.92 Å². The largest absolute Gasteiger partial charge is 0.494 e. The number of fused-ring (bicyclic) bond motifs is 1. The zero-order valence-electron chi connectivity index (χ0n) is 15.1. The fourth-order valence-corrected chi connectivity index (χ4v) is 4.76. The summed E-state index contributed by atoms with van der Waals surface area (Å²) in [4.78, 5) is 25.8. The topological polar surface area (TPSA) is 81.4 Å². The van der Waals surface area contributed by atoms with E-state index in [1.54, 1.807) is 24.3 Å². The van der Waals surface area contributed by atoms with Gasteiger partial charge in [-0.3, -0.25) is 9.59 Å². The standard InChI is InChI=1S/C20H24N2O3S/c1-3-12-5-10-15-16(11-12)26-20(17(15)18(21)23)22-19(24)13-6-8-14(9-7-13)25-4-2/h6-9,12H,3-5,10-11H2,1-2H3,(H2,21,23)(H,22,24)/t12-/m1/s1. The molecule has 0 radical (unpaired) electrons. The zero-order valence-corrected chi connectivity index (χ0v) is 15.9. The molecule has 1 aliphatic carbocycles. The monoisotopic (exact) mass is 372 g/mol. The average Bonchev–Trinajstić information content (AvgIpc) is 2.99. The van der Waals surface area contributed by atoms with Crippen LogP contribution >= 0.6 is 11.3 Å². The van der Waals surface area contributed by atoms with Crippen molar-refractivity contribution in [1.29, 1.82) is 0 Å². The highest BCUT2D eigenvalue weighted by molar-refractivity contribution is 7.17. The van der Waals surface area contributed by atoms with Gasteiger partial charge < -0.3 is 15.8 Å². The normalized spacial score (nSPS) is 16.0. The number of amides is 2. The number of nitrogens with two attached hydrogens (primary N) is 1. The number of hydrogen-bond donors (Lipinski definition) is 2. The molecule has 6 heteroatoms. The molecule has 2 aromatic rings. The van der Waals surface area contributed by atoms with Crippen molar-refractivity contribution in [1.82, 2.24) is 0 Å². The fraction of sp³-hybridized carbons (Fsp3) is 0.400. The van der Waals surface area contributed by atoms with Crippen molar-refractivity contribution in [2.75, 3.05) is 11.9 Å². The molecule has 0 saturated carbocycles. The Hall–Kier alpha value is -2.34. The first-order chi connectivity index (χ1) is 12.5. The number of primary amides is 1. The Morgan fingerprint density at radius 1 is 1.27 bits per heavy atom. The zero-order chi connectivity index (χ0) is 18.7. The molecule has 0 fully saturated rings. The SMILES string of the molecule is CCOc1ccc(C(=O)Nc2sc3c(c2C(N)=O)CC[C@@H](CC)C3)cc1. The molecule has 26 heavy (non-hydrogen) atoms. The van der Waals surface area contributed by atoms with Crippen LogP contribution in [0.1, 0.15) is 57.8 Å². The fourth-order valence-electron chi connectivity index (χ4n) is 3.40. The van der Waals surface area contributed by atoms with E-state index in [1.165, 1.54) is 16.2 Å². The van der Waals surface area contributed by atoms with Crippen molar-refractivity contribution < 1.29 is 14.3 Å². The van der Waals surface area contributed by atoms with E-state index in [9.17, 15) is 9.59 Å². The van der Waals surface area contributed by atoms with E-state index < -0.39 is 5.91 Å². The second kappa shape index (κ2) is 7.91. The van der Waals surface area contributed by atoms with Gasteiger partial charge in [0.15, 0.2) is 0 Å². The lowest BCUT2D eigenvalue weighted by Crippen LogP contribution is -2.19. The first kappa shape index (κ1) is 18.5. The summed E-state index contributed by atoms with van der Waals surface area (Å²) in [5.74, 6) is 0.635. The van der Waals surface area contributed by atoms with Gasteiger partial charge in [-0.05, 0) is 61.9 Å². The number of thiophene rings is 1. The summed E-state index contributed by atoms with van der Waals surface area (Å²) in [5.41, 5.74) is 7.64. The molecule has 0 unspecified atom stereocenters. The first-order valence-corrected chi connectivity index (χ1v) is 9.83. The Balaban J connectivity index is 1.84. The van der Waals surface area contributed by atoms with E-state index >= 15 is 0 Å². The number of carbonyl (C=O) groups is 2. The van der Waals surface area contributed by atoms with Crippen molar-refractivity contribution in [3.8, 4) is 5.75 Å². The Bertz CT molecular complexity index is 811. The van der Waals surface area contributed by atoms with E-state index in [2.05, 4.69) is 12.2 Å². The van der Waals surface area contributed by atoms with Crippen LogP contribution in [-0.4, -0.2) is 18.4 Å². The Morgan fingerprint density at radius 2 is 2.00 bits per heavy atom. The van der Waals surface area contributed by atoms with Crippen LogP contribution in [-0.2, 0) is 12.8 Å². The van der Waals surface area contributed by atoms with Crippen LogP contribution < -0.4 is 15.8 Å². The van der Waals surface area contributed by atoms with Gasteiger partial charge in [-0.2, -0.15) is 0 Å². The Morgan fingerprint density at radius 3 is 2.62 bits per heavy atom. The van der Waals surface area contributed by atoms with Gasteiger partial charge in [0.25, 0.3) is 11.8 Å². The van der Waals surface area contributed by atoms with Crippen LogP contribution in [0.25, 0.3) is 0 Å². The van der Waals surface area contributed by atoms with Crippen LogP contribution in [0.15, 0.2) is 24.3 Å². The van der Waals surface area contributed by atoms with E-state index in [0.717, 1.165) is 37.0 Å². The number of anilines is 1. The minimum atomic E-state index is -0.473. The third-order valence-electron chi connectivity index (χ3n) is 4.85. The predicted molar refractivity (Wildman–Crippen MR) is 104 cm³/mol. The van der Waals surface area contributed by atoms with Crippen molar-refractivity contribution in [3.05, 3.63) is 45.8 Å². The number of ether oxygens (including phenoxy) is 1. The van der Waals surface area contributed by atoms with Crippen LogP contribution in [0.2, 0.25) is 0 Å². The van der Waals surface area contributed by atoms with Crippen molar-refractivity contribution >= 4 is 28.2 Å². The molecule has 1 aliphatic rings. The van der Waals surface area contributed by atoms with E-state index in [-0.39, 0.29) is 5.91 Å². The van der Waals surface area contributed by atoms with Gasteiger partial charge in [0.1, 0.15) is 10.8 Å². The van der Waals surface area contributed by atoms with Crippen molar-refractivity contribution in [2.45, 2.75) is 39.5 Å². The van der Waals surface area contributed by atoms with E-state index in [1.807, 2.05) is 6.92 Å². The highest BCUT2D eigenvalue weighted by Crippen LogP contribution is 2.40. The third kappa shape index (κ3) is 3.75. The van der Waals surface area contributed by atoms with E-state index in [4.69, 9.17) is 10.5 Å². The van der Waals surface area contributed by atoms with Gasteiger partial charge in [0.05, 0.1) is 12.2 Å². The summed E-state index contributed by atoms with van der Waals surface area (Å²) in [6.45, 7) is 4.67. The maximum absolute atomic E-state index is 12.6. The summed E-state index contributed by atoms with van der Waals surface area (Å²) in [7, 11) is 0. The molecular formula is C20H24N2O3S. The molecular weight excluding hydrogens is 348 g/mol. The number of nitrogens with one attached hydrogen (secondary N) is 1. The minimum Gasteiger partial charge on any atom is -0.494 e. The lowest BCUT2D eigenvalue weighted by atomic mass is 9.85. The van der Waals surface area contributed by atoms with Crippen LogP contribution in [0.4, 0.5) is 5.00 Å². The van der Waals surface area contributed by atoms with Crippen LogP contribution in [0.3, 0.4) is 0 Å². The minimum absolute atomic E-state index is 0.249. The molecule has 1 aromatic carbocycles. The molecule has 0 saturated heterocycles. The molecule has 1 heterocycles. The molecule has 0 bridgehead atoms. The number of rotatable bonds is 6. The molecule has 0 aliphatic heterocycles. The quantitative estimate of drug-likeness (QED) is 0.804. The van der Waals surface area contributed by atoms with Gasteiger partial charge in [-0.25, -0.2) is 0 Å². The van der Waals surface area contributed by atoms with Gasteiger partial charge >= 0.3 is 0 Å². The van der Waals surface area contributed by atoms with E-state index in [0.29, 0.717) is 28.7 Å². The van der Waals surface area contributed by atoms with Crippen molar-refractivity contribution in [3.63, 3.8) is 0 Å². The highest BCUT2D eigenvalue weighted by atomic mass is 32.1. The smallest absolute Gasteiger partial charge is 0.256 e. The summed E-state index contributed by atoms with van der Waals surface area (Å²) in [6, 6.07) is 6.95. The molecule has 1 atom stereocenters. The van der Waals surface area contributed by atoms with Crippen molar-refractivity contribution in [2.24, 2.45) is 11.7 Å². The van der Waals surface area contributed by atoms with Gasteiger partial charge in [-0.1, -0.05) is 13.3 Å². The summed E-state index contributed by atoms with van der Waals surface area (Å²) in [5, 5.41) is 3.46. The maximum atomic E-state index is 12.6. The summed E-state index contributed by atoms with van der Waals surface area (Å²) in [6.07, 6.45) is 3.99. The predicted octanol–water partition coefficient (Wildman–Crippen LogP) is 4.01. The van der Waals surface area contributed by atoms with Crippen LogP contribution in [0.5, 0.6) is 5.75 Å². The lowest BCUT2D eigenvalue weighted by molar-refractivity contribution is 0.1000. The second-order valence-electron chi connectivity index (χ2n) is 6.50. The molecule has 3 N–H and O–H groups in total. The first-order valence-electron chi connectivity index (χ1n) is 9.02. The lowest BCUT2D eigenvalue weighted by Gasteiger charge is -2.20. The van der Waals surface area contributed by atoms with Gasteiger partial charge in [-0.15, -0.1) is 11.3 Å². The summed E-state index contributed by atoms with van der Waals surface area (Å²) < 4.78 is 5.39. The second-order valence-corrected chi connectivity index (χ2v) is 7.61. The maximum Gasteiger partial charge on any atom is 0.256 e. The summed E-state index contributed by atoms with van der Waals surface area (Å²) >= 11 is 1.49. The van der Waals surface area contributed by atoms with Gasteiger partial charge in [0.2, 0.25) is 0 Å². The number of carbonyl (C=O) groups excluding carboxylic acids is 2. The number of benzene rings is 1. The Kier molecular flexibility index (Phi) is 5.61. The Labute approximate surface area is 157 Å².